The van der Waals surface area contributed by atoms with E-state index in [1.54, 1.807) is 24.7 Å². The van der Waals surface area contributed by atoms with Crippen molar-refractivity contribution in [2.75, 3.05) is 40.3 Å². The predicted octanol–water partition coefficient (Wildman–Crippen LogP) is 3.68. The lowest BCUT2D eigenvalue weighted by molar-refractivity contribution is 0.119. The van der Waals surface area contributed by atoms with Gasteiger partial charge in [0.25, 0.3) is 0 Å². The number of aliphatic imine (C=N–C) groups is 1. The van der Waals surface area contributed by atoms with E-state index in [0.29, 0.717) is 13.1 Å². The summed E-state index contributed by atoms with van der Waals surface area (Å²) in [6.07, 6.45) is 4.26. The van der Waals surface area contributed by atoms with E-state index in [9.17, 15) is 0 Å². The van der Waals surface area contributed by atoms with Crippen molar-refractivity contribution < 1.29 is 9.15 Å². The summed E-state index contributed by atoms with van der Waals surface area (Å²) in [5.74, 6) is 1.88. The summed E-state index contributed by atoms with van der Waals surface area (Å²) in [5, 5.41) is 6.51. The minimum Gasteiger partial charge on any atom is -0.468 e. The van der Waals surface area contributed by atoms with Crippen molar-refractivity contribution in [1.29, 1.82) is 0 Å². The van der Waals surface area contributed by atoms with Crippen LogP contribution in [0.15, 0.2) is 33.2 Å². The minimum atomic E-state index is 0.0236. The average molecular weight is 420 g/mol. The molecule has 1 saturated heterocycles. The van der Waals surface area contributed by atoms with Crippen molar-refractivity contribution in [3.05, 3.63) is 40.2 Å². The van der Waals surface area contributed by atoms with E-state index >= 15 is 0 Å². The van der Waals surface area contributed by atoms with Crippen molar-refractivity contribution in [3.63, 3.8) is 0 Å². The molecule has 0 saturated carbocycles. The van der Waals surface area contributed by atoms with Crippen LogP contribution in [0.25, 0.3) is 0 Å². The molecule has 2 aromatic heterocycles. The van der Waals surface area contributed by atoms with Crippen molar-refractivity contribution in [3.8, 4) is 0 Å². The second-order valence-electron chi connectivity index (χ2n) is 7.38. The van der Waals surface area contributed by atoms with Gasteiger partial charge in [-0.15, -0.1) is 11.3 Å². The Labute approximate surface area is 177 Å². The van der Waals surface area contributed by atoms with Crippen LogP contribution < -0.4 is 5.32 Å². The van der Waals surface area contributed by atoms with Gasteiger partial charge in [-0.05, 0) is 51.9 Å². The Balaban J connectivity index is 1.69. The third-order valence-electron chi connectivity index (χ3n) is 5.23. The SMILES string of the molecule is CCNC(=NCC(c1ccco1)N1CCCC1)N(C)Cc1csc(C(C)OC)n1. The number of likely N-dealkylation sites (tertiary alicyclic amines) is 1. The van der Waals surface area contributed by atoms with Crippen LogP contribution in [0, 0.1) is 0 Å². The first-order valence-electron chi connectivity index (χ1n) is 10.4. The molecule has 1 fully saturated rings. The van der Waals surface area contributed by atoms with Gasteiger partial charge in [-0.2, -0.15) is 0 Å². The third-order valence-corrected chi connectivity index (χ3v) is 6.29. The van der Waals surface area contributed by atoms with Gasteiger partial charge in [0.05, 0.1) is 31.1 Å². The van der Waals surface area contributed by atoms with Gasteiger partial charge in [0.2, 0.25) is 0 Å². The molecule has 160 valence electrons. The number of guanidine groups is 1. The van der Waals surface area contributed by atoms with Crippen molar-refractivity contribution in [2.45, 2.75) is 45.4 Å². The number of furan rings is 1. The summed E-state index contributed by atoms with van der Waals surface area (Å²) < 4.78 is 11.1. The highest BCUT2D eigenvalue weighted by Gasteiger charge is 2.25. The fourth-order valence-electron chi connectivity index (χ4n) is 3.56. The molecule has 0 radical (unpaired) electrons. The molecule has 3 heterocycles. The molecule has 29 heavy (non-hydrogen) atoms. The van der Waals surface area contributed by atoms with E-state index in [2.05, 4.69) is 40.5 Å². The molecule has 0 bridgehead atoms. The number of hydrogen-bond donors (Lipinski definition) is 1. The highest BCUT2D eigenvalue weighted by molar-refractivity contribution is 7.09. The molecule has 2 aromatic rings. The van der Waals surface area contributed by atoms with Crippen LogP contribution in [0.2, 0.25) is 0 Å². The lowest BCUT2D eigenvalue weighted by Gasteiger charge is -2.26. The van der Waals surface area contributed by atoms with Crippen molar-refractivity contribution in [1.82, 2.24) is 20.1 Å². The quantitative estimate of drug-likeness (QED) is 0.494. The molecular formula is C21H33N5O2S. The maximum Gasteiger partial charge on any atom is 0.194 e. The maximum atomic E-state index is 5.73. The van der Waals surface area contributed by atoms with Crippen molar-refractivity contribution in [2.24, 2.45) is 4.99 Å². The first-order valence-corrected chi connectivity index (χ1v) is 11.2. The molecule has 3 rings (SSSR count). The highest BCUT2D eigenvalue weighted by Crippen LogP contribution is 2.26. The summed E-state index contributed by atoms with van der Waals surface area (Å²) in [4.78, 5) is 14.3. The fraction of sp³-hybridized carbons (Fsp3) is 0.619. The van der Waals surface area contributed by atoms with E-state index in [0.717, 1.165) is 42.1 Å². The van der Waals surface area contributed by atoms with E-state index in [4.69, 9.17) is 19.1 Å². The van der Waals surface area contributed by atoms with Gasteiger partial charge in [-0.25, -0.2) is 4.98 Å². The monoisotopic (exact) mass is 419 g/mol. The van der Waals surface area contributed by atoms with Gasteiger partial charge >= 0.3 is 0 Å². The number of ether oxygens (including phenoxy) is 1. The van der Waals surface area contributed by atoms with Crippen LogP contribution in [0.4, 0.5) is 0 Å². The van der Waals surface area contributed by atoms with Crippen LogP contribution in [-0.4, -0.2) is 61.1 Å². The number of methoxy groups -OCH3 is 1. The topological polar surface area (TPSA) is 66.1 Å². The Kier molecular flexibility index (Phi) is 8.09. The van der Waals surface area contributed by atoms with Crippen molar-refractivity contribution >= 4 is 17.3 Å². The van der Waals surface area contributed by atoms with Gasteiger partial charge in [0.1, 0.15) is 16.9 Å². The Bertz CT molecular complexity index is 755. The van der Waals surface area contributed by atoms with Gasteiger partial charge in [-0.3, -0.25) is 9.89 Å². The minimum absolute atomic E-state index is 0.0236. The second kappa shape index (κ2) is 10.8. The van der Waals surface area contributed by atoms with Crippen LogP contribution >= 0.6 is 11.3 Å². The van der Waals surface area contributed by atoms with Crippen LogP contribution in [0.3, 0.4) is 0 Å². The Morgan fingerprint density at radius 1 is 1.45 bits per heavy atom. The standard InChI is InChI=1S/C21H33N5O2S/c1-5-22-21(25(3)14-17-15-29-20(24-17)16(2)27-4)23-13-18(19-9-8-12-28-19)26-10-6-7-11-26/h8-9,12,15-16,18H,5-7,10-11,13-14H2,1-4H3,(H,22,23). The Morgan fingerprint density at radius 2 is 2.24 bits per heavy atom. The second-order valence-corrected chi connectivity index (χ2v) is 8.27. The summed E-state index contributed by atoms with van der Waals surface area (Å²) in [6, 6.07) is 4.20. The molecule has 8 heteroatoms. The van der Waals surface area contributed by atoms with E-state index in [1.165, 1.54) is 12.8 Å². The lowest BCUT2D eigenvalue weighted by Crippen LogP contribution is -2.39. The summed E-state index contributed by atoms with van der Waals surface area (Å²) >= 11 is 1.64. The molecule has 0 aromatic carbocycles. The van der Waals surface area contributed by atoms with Gasteiger partial charge < -0.3 is 19.4 Å². The van der Waals surface area contributed by atoms with E-state index < -0.39 is 0 Å². The molecule has 1 aliphatic heterocycles. The molecule has 2 unspecified atom stereocenters. The zero-order chi connectivity index (χ0) is 20.6. The molecule has 0 amide bonds. The summed E-state index contributed by atoms with van der Waals surface area (Å²) in [5.41, 5.74) is 1.03. The van der Waals surface area contributed by atoms with Gasteiger partial charge in [-0.1, -0.05) is 0 Å². The number of nitrogens with one attached hydrogen (secondary N) is 1. The number of thiazole rings is 1. The van der Waals surface area contributed by atoms with E-state index in [-0.39, 0.29) is 12.1 Å². The zero-order valence-electron chi connectivity index (χ0n) is 17.9. The maximum absolute atomic E-state index is 5.73. The smallest absolute Gasteiger partial charge is 0.194 e. The number of hydrogen-bond acceptors (Lipinski definition) is 6. The van der Waals surface area contributed by atoms with E-state index in [1.807, 2.05) is 13.0 Å². The number of nitrogens with zero attached hydrogens (tertiary/aromatic N) is 4. The average Bonchev–Trinajstić information content (AvgIpc) is 3.49. The first kappa shape index (κ1) is 21.8. The van der Waals surface area contributed by atoms with Gasteiger partial charge in [0, 0.05) is 26.1 Å². The Hall–Kier alpha value is -1.90. The molecule has 7 nitrogen and oxygen atoms in total. The molecular weight excluding hydrogens is 386 g/mol. The third kappa shape index (κ3) is 5.81. The zero-order valence-corrected chi connectivity index (χ0v) is 18.7. The lowest BCUT2D eigenvalue weighted by atomic mass is 10.2. The molecule has 0 aliphatic carbocycles. The fourth-order valence-corrected chi connectivity index (χ4v) is 4.40. The van der Waals surface area contributed by atoms with Crippen LogP contribution in [0.1, 0.15) is 55.3 Å². The number of rotatable bonds is 9. The van der Waals surface area contributed by atoms with Crippen LogP contribution in [-0.2, 0) is 11.3 Å². The highest BCUT2D eigenvalue weighted by atomic mass is 32.1. The largest absolute Gasteiger partial charge is 0.468 e. The molecule has 1 N–H and O–H groups in total. The normalized spacial score (nSPS) is 17.4. The molecule has 1 aliphatic rings. The number of aromatic nitrogens is 1. The van der Waals surface area contributed by atoms with Crippen LogP contribution in [0.5, 0.6) is 0 Å². The van der Waals surface area contributed by atoms with Gasteiger partial charge in [0.15, 0.2) is 5.96 Å². The Morgan fingerprint density at radius 3 is 2.90 bits per heavy atom. The first-order chi connectivity index (χ1) is 14.1. The summed E-state index contributed by atoms with van der Waals surface area (Å²) in [6.45, 7) is 8.51. The molecule has 0 spiro atoms. The molecule has 2 atom stereocenters. The summed E-state index contributed by atoms with van der Waals surface area (Å²) in [7, 11) is 3.77. The predicted molar refractivity (Wildman–Crippen MR) is 117 cm³/mol.